The summed E-state index contributed by atoms with van der Waals surface area (Å²) in [5, 5.41) is 0. The van der Waals surface area contributed by atoms with Gasteiger partial charge in [0.1, 0.15) is 0 Å². The molecule has 0 aromatic heterocycles. The molecule has 1 aliphatic carbocycles. The molecule has 3 nitrogen and oxygen atoms in total. The van der Waals surface area contributed by atoms with E-state index in [-0.39, 0.29) is 4.87 Å². The second-order valence-corrected chi connectivity index (χ2v) is 5.35. The number of hydrogen-bond donors (Lipinski definition) is 1. The summed E-state index contributed by atoms with van der Waals surface area (Å²) in [4.78, 5) is 2.48. The van der Waals surface area contributed by atoms with Gasteiger partial charge in [0.05, 0.1) is 18.1 Å². The normalized spacial score (nSPS) is 20.2. The monoisotopic (exact) mass is 247 g/mol. The molecule has 0 aromatic carbocycles. The van der Waals surface area contributed by atoms with Gasteiger partial charge in [0.15, 0.2) is 0 Å². The zero-order valence-corrected chi connectivity index (χ0v) is 11.5. The first kappa shape index (κ1) is 14.3. The molecule has 16 heavy (non-hydrogen) atoms. The average molecular weight is 247 g/mol. The second-order valence-electron chi connectivity index (χ2n) is 4.52. The molecule has 0 spiro atoms. The topological polar surface area (TPSA) is 21.7 Å². The number of thiol groups is 1. The Morgan fingerprint density at radius 1 is 1.00 bits per heavy atom. The minimum absolute atomic E-state index is 0.0648. The summed E-state index contributed by atoms with van der Waals surface area (Å²) in [6.07, 6.45) is 6.30. The lowest BCUT2D eigenvalue weighted by Crippen LogP contribution is -2.48. The van der Waals surface area contributed by atoms with E-state index in [0.717, 1.165) is 26.3 Å². The Labute approximate surface area is 105 Å². The van der Waals surface area contributed by atoms with Crippen molar-refractivity contribution in [1.82, 2.24) is 4.90 Å². The molecule has 4 heteroatoms. The SMILES string of the molecule is COCCN(CCOC)C1(S)CCCCC1. The van der Waals surface area contributed by atoms with Crippen molar-refractivity contribution in [2.24, 2.45) is 0 Å². The van der Waals surface area contributed by atoms with Gasteiger partial charge in [-0.2, -0.15) is 12.6 Å². The van der Waals surface area contributed by atoms with Crippen LogP contribution < -0.4 is 0 Å². The molecule has 0 atom stereocenters. The lowest BCUT2D eigenvalue weighted by molar-refractivity contribution is 0.0599. The molecule has 0 bridgehead atoms. The van der Waals surface area contributed by atoms with Crippen molar-refractivity contribution in [2.45, 2.75) is 37.0 Å². The molecule has 1 aliphatic rings. The van der Waals surface area contributed by atoms with E-state index in [1.807, 2.05) is 0 Å². The smallest absolute Gasteiger partial charge is 0.0642 e. The predicted octanol–water partition coefficient (Wildman–Crippen LogP) is 2.17. The van der Waals surface area contributed by atoms with Crippen LogP contribution in [0, 0.1) is 0 Å². The summed E-state index contributed by atoms with van der Waals surface area (Å²) >= 11 is 4.91. The van der Waals surface area contributed by atoms with E-state index in [1.54, 1.807) is 14.2 Å². The third-order valence-electron chi connectivity index (χ3n) is 3.37. The lowest BCUT2D eigenvalue weighted by atomic mass is 9.93. The first-order valence-electron chi connectivity index (χ1n) is 6.18. The summed E-state index contributed by atoms with van der Waals surface area (Å²) in [7, 11) is 3.50. The zero-order chi connectivity index (χ0) is 11.9. The fourth-order valence-electron chi connectivity index (χ4n) is 2.37. The molecule has 96 valence electrons. The van der Waals surface area contributed by atoms with Crippen molar-refractivity contribution < 1.29 is 9.47 Å². The Hall–Kier alpha value is 0.230. The van der Waals surface area contributed by atoms with Gasteiger partial charge in [-0.1, -0.05) is 19.3 Å². The summed E-state index contributed by atoms with van der Waals surface area (Å²) in [5.41, 5.74) is 0. The molecule has 1 saturated carbocycles. The number of rotatable bonds is 7. The summed E-state index contributed by atoms with van der Waals surface area (Å²) in [6.45, 7) is 3.44. The molecule has 0 aliphatic heterocycles. The zero-order valence-electron chi connectivity index (χ0n) is 10.6. The van der Waals surface area contributed by atoms with E-state index in [9.17, 15) is 0 Å². The first-order chi connectivity index (χ1) is 7.73. The van der Waals surface area contributed by atoms with Crippen molar-refractivity contribution in [2.75, 3.05) is 40.5 Å². The molecule has 0 amide bonds. The Kier molecular flexibility index (Phi) is 6.73. The maximum atomic E-state index is 5.17. The van der Waals surface area contributed by atoms with Gasteiger partial charge in [0, 0.05) is 27.3 Å². The van der Waals surface area contributed by atoms with Crippen LogP contribution >= 0.6 is 12.6 Å². The van der Waals surface area contributed by atoms with Crippen LogP contribution in [0.2, 0.25) is 0 Å². The Balaban J connectivity index is 2.50. The molecule has 0 saturated heterocycles. The largest absolute Gasteiger partial charge is 0.383 e. The molecule has 1 rings (SSSR count). The van der Waals surface area contributed by atoms with E-state index in [2.05, 4.69) is 4.90 Å². The minimum Gasteiger partial charge on any atom is -0.383 e. The molecular formula is C12H25NO2S. The fraction of sp³-hybridized carbons (Fsp3) is 1.00. The third kappa shape index (κ3) is 4.24. The number of nitrogens with zero attached hydrogens (tertiary/aromatic N) is 1. The number of methoxy groups -OCH3 is 2. The van der Waals surface area contributed by atoms with E-state index in [0.29, 0.717) is 0 Å². The molecule has 0 aromatic rings. The Bertz CT molecular complexity index is 176. The van der Waals surface area contributed by atoms with Gasteiger partial charge in [-0.05, 0) is 12.8 Å². The molecule has 1 fully saturated rings. The van der Waals surface area contributed by atoms with Crippen molar-refractivity contribution in [1.29, 1.82) is 0 Å². The van der Waals surface area contributed by atoms with Crippen LogP contribution in [-0.4, -0.2) is 50.3 Å². The third-order valence-corrected chi connectivity index (χ3v) is 4.10. The fourth-order valence-corrected chi connectivity index (χ4v) is 2.88. The van der Waals surface area contributed by atoms with Gasteiger partial charge in [-0.15, -0.1) is 0 Å². The Morgan fingerprint density at radius 2 is 1.50 bits per heavy atom. The molecule has 0 unspecified atom stereocenters. The van der Waals surface area contributed by atoms with Gasteiger partial charge < -0.3 is 9.47 Å². The maximum Gasteiger partial charge on any atom is 0.0642 e. The van der Waals surface area contributed by atoms with Gasteiger partial charge in [0.2, 0.25) is 0 Å². The Morgan fingerprint density at radius 3 is 1.94 bits per heavy atom. The van der Waals surface area contributed by atoms with E-state index in [1.165, 1.54) is 32.1 Å². The second kappa shape index (κ2) is 7.54. The van der Waals surface area contributed by atoms with E-state index >= 15 is 0 Å². The van der Waals surface area contributed by atoms with Gasteiger partial charge >= 0.3 is 0 Å². The van der Waals surface area contributed by atoms with Gasteiger partial charge in [0.25, 0.3) is 0 Å². The van der Waals surface area contributed by atoms with E-state index < -0.39 is 0 Å². The highest BCUT2D eigenvalue weighted by Gasteiger charge is 2.33. The summed E-state index contributed by atoms with van der Waals surface area (Å²) in [5.74, 6) is 0. The van der Waals surface area contributed by atoms with Crippen molar-refractivity contribution in [3.8, 4) is 0 Å². The van der Waals surface area contributed by atoms with Crippen LogP contribution in [0.15, 0.2) is 0 Å². The van der Waals surface area contributed by atoms with Crippen LogP contribution in [0.25, 0.3) is 0 Å². The quantitative estimate of drug-likeness (QED) is 0.550. The predicted molar refractivity (Wildman–Crippen MR) is 70.1 cm³/mol. The molecule has 0 N–H and O–H groups in total. The van der Waals surface area contributed by atoms with Crippen LogP contribution in [-0.2, 0) is 9.47 Å². The van der Waals surface area contributed by atoms with Gasteiger partial charge in [-0.25, -0.2) is 0 Å². The first-order valence-corrected chi connectivity index (χ1v) is 6.63. The highest BCUT2D eigenvalue weighted by Crippen LogP contribution is 2.36. The maximum absolute atomic E-state index is 5.17. The molecular weight excluding hydrogens is 222 g/mol. The number of ether oxygens (including phenoxy) is 2. The molecule has 0 heterocycles. The number of hydrogen-bond acceptors (Lipinski definition) is 4. The van der Waals surface area contributed by atoms with Gasteiger partial charge in [-0.3, -0.25) is 4.90 Å². The highest BCUT2D eigenvalue weighted by molar-refractivity contribution is 7.81. The summed E-state index contributed by atoms with van der Waals surface area (Å²) < 4.78 is 10.3. The highest BCUT2D eigenvalue weighted by atomic mass is 32.1. The van der Waals surface area contributed by atoms with Crippen molar-refractivity contribution >= 4 is 12.6 Å². The van der Waals surface area contributed by atoms with Crippen LogP contribution in [0.3, 0.4) is 0 Å². The standard InChI is InChI=1S/C12H25NO2S/c1-14-10-8-13(9-11-15-2)12(16)6-4-3-5-7-12/h16H,3-11H2,1-2H3. The minimum atomic E-state index is 0.0648. The average Bonchev–Trinajstić information content (AvgIpc) is 2.30. The van der Waals surface area contributed by atoms with Crippen LogP contribution in [0.4, 0.5) is 0 Å². The van der Waals surface area contributed by atoms with Crippen molar-refractivity contribution in [3.05, 3.63) is 0 Å². The van der Waals surface area contributed by atoms with Crippen molar-refractivity contribution in [3.63, 3.8) is 0 Å². The molecule has 0 radical (unpaired) electrons. The lowest BCUT2D eigenvalue weighted by Gasteiger charge is -2.43. The van der Waals surface area contributed by atoms with Crippen LogP contribution in [0.5, 0.6) is 0 Å². The summed E-state index contributed by atoms with van der Waals surface area (Å²) in [6, 6.07) is 0. The van der Waals surface area contributed by atoms with Crippen LogP contribution in [0.1, 0.15) is 32.1 Å². The van der Waals surface area contributed by atoms with E-state index in [4.69, 9.17) is 22.1 Å².